The Labute approximate surface area is 173 Å². The van der Waals surface area contributed by atoms with E-state index in [9.17, 15) is 0 Å². The number of halogens is 2. The van der Waals surface area contributed by atoms with Crippen LogP contribution in [0.15, 0.2) is 35.4 Å². The highest BCUT2D eigenvalue weighted by atomic mass is 35.5. The molecule has 0 atom stereocenters. The Morgan fingerprint density at radius 3 is 1.96 bits per heavy atom. The predicted molar refractivity (Wildman–Crippen MR) is 113 cm³/mol. The van der Waals surface area contributed by atoms with Crippen molar-refractivity contribution in [1.82, 2.24) is 0 Å². The van der Waals surface area contributed by atoms with Crippen LogP contribution in [0.4, 0.5) is 0 Å². The van der Waals surface area contributed by atoms with E-state index in [4.69, 9.17) is 11.6 Å². The van der Waals surface area contributed by atoms with E-state index in [1.54, 1.807) is 5.57 Å². The molecule has 1 aromatic carbocycles. The summed E-state index contributed by atoms with van der Waals surface area (Å²) in [7, 11) is 0. The van der Waals surface area contributed by atoms with Crippen LogP contribution >= 0.6 is 11.6 Å². The molecular formula is C23H39Cl2N. The van der Waals surface area contributed by atoms with E-state index in [0.29, 0.717) is 0 Å². The van der Waals surface area contributed by atoms with Crippen LogP contribution in [0.2, 0.25) is 5.02 Å². The van der Waals surface area contributed by atoms with E-state index >= 15 is 0 Å². The maximum Gasteiger partial charge on any atom is 0.100 e. The number of hydrogen-bond donors (Lipinski definition) is 0. The molecule has 3 heteroatoms. The van der Waals surface area contributed by atoms with E-state index in [-0.39, 0.29) is 12.4 Å². The minimum Gasteiger partial charge on any atom is -1.00 e. The fraction of sp³-hybridized carbons (Fsp3) is 0.652. The van der Waals surface area contributed by atoms with Gasteiger partial charge in [-0.2, -0.15) is 0 Å². The summed E-state index contributed by atoms with van der Waals surface area (Å²) in [6, 6.07) is 8.28. The molecule has 0 radical (unpaired) electrons. The third-order valence-electron chi connectivity index (χ3n) is 5.76. The van der Waals surface area contributed by atoms with Crippen molar-refractivity contribution in [2.24, 2.45) is 0 Å². The van der Waals surface area contributed by atoms with Gasteiger partial charge in [0, 0.05) is 5.02 Å². The van der Waals surface area contributed by atoms with E-state index in [2.05, 4.69) is 46.8 Å². The molecule has 0 aliphatic carbocycles. The monoisotopic (exact) mass is 399 g/mol. The van der Waals surface area contributed by atoms with Gasteiger partial charge in [0.05, 0.1) is 19.6 Å². The van der Waals surface area contributed by atoms with Crippen molar-refractivity contribution in [3.63, 3.8) is 0 Å². The average Bonchev–Trinajstić information content (AvgIpc) is 2.62. The highest BCUT2D eigenvalue weighted by Crippen LogP contribution is 2.19. The summed E-state index contributed by atoms with van der Waals surface area (Å²) in [5, 5.41) is 0.817. The number of unbranched alkanes of at least 4 members (excludes halogenated alkanes) is 4. The van der Waals surface area contributed by atoms with E-state index < -0.39 is 0 Å². The lowest BCUT2D eigenvalue weighted by atomic mass is 10.0. The zero-order chi connectivity index (χ0) is 18.7. The van der Waals surface area contributed by atoms with Crippen LogP contribution in [0.25, 0.3) is 0 Å². The molecule has 0 aliphatic rings. The lowest BCUT2D eigenvalue weighted by Crippen LogP contribution is -3.00. The topological polar surface area (TPSA) is 0 Å². The van der Waals surface area contributed by atoms with Gasteiger partial charge in [-0.05, 0) is 70.2 Å². The molecule has 1 rings (SSSR count). The first-order chi connectivity index (χ1) is 12.0. The molecule has 0 saturated carbocycles. The second kappa shape index (κ2) is 13.6. The molecule has 0 aliphatic heterocycles. The van der Waals surface area contributed by atoms with Gasteiger partial charge in [-0.25, -0.2) is 0 Å². The SMILES string of the molecule is CCCCCCC[N+](CC)(CC)C/C(C)=C(\C)Cc1ccc(Cl)cc1.[Cl-]. The summed E-state index contributed by atoms with van der Waals surface area (Å²) >= 11 is 6.00. The van der Waals surface area contributed by atoms with Crippen molar-refractivity contribution in [3.8, 4) is 0 Å². The van der Waals surface area contributed by atoms with Crippen LogP contribution in [-0.4, -0.2) is 30.7 Å². The highest BCUT2D eigenvalue weighted by molar-refractivity contribution is 6.30. The quantitative estimate of drug-likeness (QED) is 0.282. The lowest BCUT2D eigenvalue weighted by Gasteiger charge is -2.38. The van der Waals surface area contributed by atoms with Gasteiger partial charge < -0.3 is 16.9 Å². The first-order valence-electron chi connectivity index (χ1n) is 10.2. The summed E-state index contributed by atoms with van der Waals surface area (Å²) < 4.78 is 1.23. The molecule has 0 saturated heterocycles. The van der Waals surface area contributed by atoms with Crippen molar-refractivity contribution >= 4 is 11.6 Å². The van der Waals surface area contributed by atoms with E-state index in [1.807, 2.05) is 12.1 Å². The Bertz CT molecular complexity index is 516. The second-order valence-corrected chi connectivity index (χ2v) is 8.07. The van der Waals surface area contributed by atoms with Gasteiger partial charge in [-0.15, -0.1) is 0 Å². The average molecular weight is 400 g/mol. The molecule has 26 heavy (non-hydrogen) atoms. The smallest absolute Gasteiger partial charge is 0.100 e. The van der Waals surface area contributed by atoms with Gasteiger partial charge in [0.25, 0.3) is 0 Å². The standard InChI is InChI=1S/C23H39ClN.ClH/c1-6-9-10-11-12-17-25(7-2,8-3)19-21(5)20(4)18-22-13-15-23(24)16-14-22;/h13-16H,6-12,17-19H2,1-5H3;1H/q+1;/p-1/b21-20+;. The van der Waals surface area contributed by atoms with Crippen LogP contribution in [0.5, 0.6) is 0 Å². The Hall–Kier alpha value is -0.500. The maximum atomic E-state index is 6.00. The largest absolute Gasteiger partial charge is 1.00 e. The molecule has 0 unspecified atom stereocenters. The highest BCUT2D eigenvalue weighted by Gasteiger charge is 2.23. The van der Waals surface area contributed by atoms with Gasteiger partial charge in [0.1, 0.15) is 6.54 Å². The summed E-state index contributed by atoms with van der Waals surface area (Å²) in [5.74, 6) is 0. The Kier molecular flexibility index (Phi) is 13.4. The molecule has 0 heterocycles. The maximum absolute atomic E-state index is 6.00. The molecule has 0 amide bonds. The number of allylic oxidation sites excluding steroid dienone is 1. The fourth-order valence-electron chi connectivity index (χ4n) is 3.59. The van der Waals surface area contributed by atoms with Crippen molar-refractivity contribution in [3.05, 3.63) is 46.0 Å². The van der Waals surface area contributed by atoms with Gasteiger partial charge in [0.2, 0.25) is 0 Å². The van der Waals surface area contributed by atoms with Crippen LogP contribution in [0, 0.1) is 0 Å². The second-order valence-electron chi connectivity index (χ2n) is 7.63. The third-order valence-corrected chi connectivity index (χ3v) is 6.01. The molecule has 0 N–H and O–H groups in total. The van der Waals surface area contributed by atoms with Crippen molar-refractivity contribution in [2.75, 3.05) is 26.2 Å². The normalized spacial score (nSPS) is 12.5. The van der Waals surface area contributed by atoms with Crippen molar-refractivity contribution in [2.45, 2.75) is 73.1 Å². The van der Waals surface area contributed by atoms with Gasteiger partial charge in [0.15, 0.2) is 0 Å². The Morgan fingerprint density at radius 1 is 0.846 bits per heavy atom. The number of quaternary nitrogens is 1. The van der Waals surface area contributed by atoms with E-state index in [0.717, 1.165) is 11.4 Å². The zero-order valence-corrected chi connectivity index (χ0v) is 19.1. The molecule has 0 bridgehead atoms. The number of nitrogens with zero attached hydrogens (tertiary/aromatic N) is 1. The lowest BCUT2D eigenvalue weighted by molar-refractivity contribution is -0.920. The Morgan fingerprint density at radius 2 is 1.42 bits per heavy atom. The fourth-order valence-corrected chi connectivity index (χ4v) is 3.72. The number of hydrogen-bond acceptors (Lipinski definition) is 0. The first-order valence-corrected chi connectivity index (χ1v) is 10.6. The molecular weight excluding hydrogens is 361 g/mol. The van der Waals surface area contributed by atoms with E-state index in [1.165, 1.54) is 73.9 Å². The molecule has 0 aromatic heterocycles. The third kappa shape index (κ3) is 8.93. The van der Waals surface area contributed by atoms with Gasteiger partial charge >= 0.3 is 0 Å². The first kappa shape index (κ1) is 25.5. The predicted octanol–water partition coefficient (Wildman–Crippen LogP) is 4.05. The van der Waals surface area contributed by atoms with Crippen molar-refractivity contribution in [1.29, 1.82) is 0 Å². The molecule has 0 fully saturated rings. The summed E-state index contributed by atoms with van der Waals surface area (Å²) in [5.41, 5.74) is 4.43. The van der Waals surface area contributed by atoms with Gasteiger partial charge in [-0.3, -0.25) is 0 Å². The number of rotatable bonds is 12. The summed E-state index contributed by atoms with van der Waals surface area (Å²) in [4.78, 5) is 0. The van der Waals surface area contributed by atoms with Crippen LogP contribution in [0.1, 0.15) is 72.3 Å². The number of likely N-dealkylation sites (N-methyl/N-ethyl adjacent to an activating group) is 1. The zero-order valence-electron chi connectivity index (χ0n) is 17.6. The Balaban J connectivity index is 0.00000625. The molecule has 1 aromatic rings. The number of benzene rings is 1. The van der Waals surface area contributed by atoms with Crippen molar-refractivity contribution < 1.29 is 16.9 Å². The summed E-state index contributed by atoms with van der Waals surface area (Å²) in [6.45, 7) is 16.6. The molecule has 150 valence electrons. The van der Waals surface area contributed by atoms with Gasteiger partial charge in [-0.1, -0.05) is 55.5 Å². The molecule has 0 spiro atoms. The van der Waals surface area contributed by atoms with Crippen LogP contribution < -0.4 is 12.4 Å². The molecule has 1 nitrogen and oxygen atoms in total. The van der Waals surface area contributed by atoms with Crippen LogP contribution in [-0.2, 0) is 6.42 Å². The van der Waals surface area contributed by atoms with Crippen LogP contribution in [0.3, 0.4) is 0 Å². The summed E-state index contributed by atoms with van der Waals surface area (Å²) in [6.07, 6.45) is 7.90. The minimum absolute atomic E-state index is 0. The minimum atomic E-state index is 0.